The summed E-state index contributed by atoms with van der Waals surface area (Å²) < 4.78 is 0. The van der Waals surface area contributed by atoms with E-state index in [0.29, 0.717) is 0 Å². The average molecular weight is 270 g/mol. The van der Waals surface area contributed by atoms with E-state index < -0.39 is 0 Å². The van der Waals surface area contributed by atoms with E-state index in [9.17, 15) is 0 Å². The van der Waals surface area contributed by atoms with Gasteiger partial charge in [0.05, 0.1) is 17.6 Å². The molecule has 0 spiro atoms. The molecule has 20 heavy (non-hydrogen) atoms. The Morgan fingerprint density at radius 1 is 1.15 bits per heavy atom. The zero-order chi connectivity index (χ0) is 13.8. The summed E-state index contributed by atoms with van der Waals surface area (Å²) in [5, 5.41) is 12.5. The molecule has 1 fully saturated rings. The third kappa shape index (κ3) is 3.07. The summed E-state index contributed by atoms with van der Waals surface area (Å²) in [6, 6.07) is 10.0. The second kappa shape index (κ2) is 5.75. The molecule has 1 aromatic carbocycles. The number of rotatable bonds is 4. The molecule has 1 aliphatic carbocycles. The maximum atomic E-state index is 4.54. The molecular formula is C16H22N4. The Balaban J connectivity index is 1.63. The highest BCUT2D eigenvalue weighted by Gasteiger charge is 2.25. The highest BCUT2D eigenvalue weighted by molar-refractivity contribution is 5.28. The number of hydrogen-bond donors (Lipinski definition) is 1. The van der Waals surface area contributed by atoms with Gasteiger partial charge in [-0.05, 0) is 31.9 Å². The first-order valence-corrected chi connectivity index (χ1v) is 7.47. The van der Waals surface area contributed by atoms with Gasteiger partial charge >= 0.3 is 0 Å². The molecule has 0 saturated heterocycles. The lowest BCUT2D eigenvalue weighted by molar-refractivity contribution is 0.251. The van der Waals surface area contributed by atoms with Crippen molar-refractivity contribution in [3.05, 3.63) is 42.2 Å². The van der Waals surface area contributed by atoms with E-state index in [1.807, 2.05) is 36.5 Å². The Morgan fingerprint density at radius 2 is 1.90 bits per heavy atom. The third-order valence-corrected chi connectivity index (χ3v) is 4.18. The molecular weight excluding hydrogens is 248 g/mol. The molecule has 0 radical (unpaired) electrons. The highest BCUT2D eigenvalue weighted by Crippen LogP contribution is 2.27. The molecule has 2 aromatic rings. The van der Waals surface area contributed by atoms with Crippen LogP contribution in [0.2, 0.25) is 0 Å². The SMILES string of the molecule is CC1(NCc2cnn(-c3ccccc3)n2)CCCCC1. The fourth-order valence-corrected chi connectivity index (χ4v) is 2.87. The van der Waals surface area contributed by atoms with E-state index in [-0.39, 0.29) is 5.54 Å². The molecule has 0 amide bonds. The molecule has 1 saturated carbocycles. The number of aromatic nitrogens is 3. The van der Waals surface area contributed by atoms with Gasteiger partial charge in [-0.15, -0.1) is 0 Å². The van der Waals surface area contributed by atoms with Gasteiger partial charge in [0.25, 0.3) is 0 Å². The minimum absolute atomic E-state index is 0.273. The second-order valence-electron chi connectivity index (χ2n) is 5.94. The molecule has 1 aromatic heterocycles. The van der Waals surface area contributed by atoms with E-state index in [2.05, 4.69) is 22.4 Å². The molecule has 3 rings (SSSR count). The van der Waals surface area contributed by atoms with Gasteiger partial charge in [0, 0.05) is 12.1 Å². The number of nitrogens with one attached hydrogen (secondary N) is 1. The topological polar surface area (TPSA) is 42.7 Å². The minimum atomic E-state index is 0.273. The van der Waals surface area contributed by atoms with Gasteiger partial charge in [0.2, 0.25) is 0 Å². The Hall–Kier alpha value is -1.68. The van der Waals surface area contributed by atoms with E-state index in [0.717, 1.165) is 17.9 Å². The lowest BCUT2D eigenvalue weighted by atomic mass is 9.83. The predicted octanol–water partition coefficient (Wildman–Crippen LogP) is 3.08. The van der Waals surface area contributed by atoms with Crippen molar-refractivity contribution in [2.45, 2.75) is 51.1 Å². The third-order valence-electron chi connectivity index (χ3n) is 4.18. The fraction of sp³-hybridized carbons (Fsp3) is 0.500. The van der Waals surface area contributed by atoms with Crippen LogP contribution in [0.15, 0.2) is 36.5 Å². The molecule has 4 nitrogen and oxygen atoms in total. The van der Waals surface area contributed by atoms with Gasteiger partial charge in [-0.1, -0.05) is 37.5 Å². The average Bonchev–Trinajstić information content (AvgIpc) is 2.96. The van der Waals surface area contributed by atoms with Crippen molar-refractivity contribution in [1.29, 1.82) is 0 Å². The zero-order valence-corrected chi connectivity index (χ0v) is 12.0. The molecule has 0 atom stereocenters. The fourth-order valence-electron chi connectivity index (χ4n) is 2.87. The molecule has 1 heterocycles. The van der Waals surface area contributed by atoms with Crippen molar-refractivity contribution in [3.8, 4) is 5.69 Å². The standard InChI is InChI=1S/C16H22N4/c1-16(10-6-3-7-11-16)17-12-14-13-18-20(19-14)15-8-4-2-5-9-15/h2,4-5,8-9,13,17H,3,6-7,10-12H2,1H3. The van der Waals surface area contributed by atoms with Crippen LogP contribution in [0.4, 0.5) is 0 Å². The van der Waals surface area contributed by atoms with Gasteiger partial charge in [0.1, 0.15) is 0 Å². The first-order valence-electron chi connectivity index (χ1n) is 7.47. The molecule has 0 unspecified atom stereocenters. The van der Waals surface area contributed by atoms with Crippen molar-refractivity contribution in [2.24, 2.45) is 0 Å². The maximum absolute atomic E-state index is 4.54. The first-order chi connectivity index (χ1) is 9.75. The van der Waals surface area contributed by atoms with Gasteiger partial charge in [-0.25, -0.2) is 0 Å². The Kier molecular flexibility index (Phi) is 3.83. The Morgan fingerprint density at radius 3 is 2.65 bits per heavy atom. The van der Waals surface area contributed by atoms with Gasteiger partial charge in [-0.2, -0.15) is 15.0 Å². The van der Waals surface area contributed by atoms with Crippen LogP contribution in [0, 0.1) is 0 Å². The molecule has 1 N–H and O–H groups in total. The van der Waals surface area contributed by atoms with Crippen molar-refractivity contribution in [1.82, 2.24) is 20.3 Å². The summed E-state index contributed by atoms with van der Waals surface area (Å²) in [6.45, 7) is 3.12. The maximum Gasteiger partial charge on any atom is 0.0969 e. The Bertz CT molecular complexity index is 541. The monoisotopic (exact) mass is 270 g/mol. The number of para-hydroxylation sites is 1. The summed E-state index contributed by atoms with van der Waals surface area (Å²) in [5.41, 5.74) is 2.28. The van der Waals surface area contributed by atoms with Crippen LogP contribution in [-0.4, -0.2) is 20.5 Å². The lowest BCUT2D eigenvalue weighted by Crippen LogP contribution is -2.43. The van der Waals surface area contributed by atoms with E-state index >= 15 is 0 Å². The van der Waals surface area contributed by atoms with Crippen LogP contribution >= 0.6 is 0 Å². The summed E-state index contributed by atoms with van der Waals surface area (Å²) in [6.07, 6.45) is 8.42. The summed E-state index contributed by atoms with van der Waals surface area (Å²) >= 11 is 0. The molecule has 0 aliphatic heterocycles. The summed E-state index contributed by atoms with van der Waals surface area (Å²) in [5.74, 6) is 0. The van der Waals surface area contributed by atoms with Crippen LogP contribution in [0.25, 0.3) is 5.69 Å². The van der Waals surface area contributed by atoms with Crippen LogP contribution < -0.4 is 5.32 Å². The van der Waals surface area contributed by atoms with Crippen molar-refractivity contribution < 1.29 is 0 Å². The normalized spacial score (nSPS) is 18.1. The number of benzene rings is 1. The van der Waals surface area contributed by atoms with E-state index in [1.165, 1.54) is 32.1 Å². The minimum Gasteiger partial charge on any atom is -0.306 e. The highest BCUT2D eigenvalue weighted by atomic mass is 15.5. The quantitative estimate of drug-likeness (QED) is 0.928. The van der Waals surface area contributed by atoms with Gasteiger partial charge in [-0.3, -0.25) is 0 Å². The van der Waals surface area contributed by atoms with Crippen molar-refractivity contribution in [3.63, 3.8) is 0 Å². The molecule has 106 valence electrons. The van der Waals surface area contributed by atoms with Crippen LogP contribution in [0.5, 0.6) is 0 Å². The van der Waals surface area contributed by atoms with Crippen molar-refractivity contribution >= 4 is 0 Å². The largest absolute Gasteiger partial charge is 0.306 e. The lowest BCUT2D eigenvalue weighted by Gasteiger charge is -2.34. The first kappa shape index (κ1) is 13.3. The molecule has 0 bridgehead atoms. The summed E-state index contributed by atoms with van der Waals surface area (Å²) in [7, 11) is 0. The van der Waals surface area contributed by atoms with Gasteiger partial charge < -0.3 is 5.32 Å². The predicted molar refractivity (Wildman–Crippen MR) is 79.7 cm³/mol. The van der Waals surface area contributed by atoms with Crippen LogP contribution in [0.3, 0.4) is 0 Å². The van der Waals surface area contributed by atoms with Crippen LogP contribution in [-0.2, 0) is 6.54 Å². The van der Waals surface area contributed by atoms with E-state index in [1.54, 1.807) is 4.80 Å². The number of hydrogen-bond acceptors (Lipinski definition) is 3. The molecule has 4 heteroatoms. The zero-order valence-electron chi connectivity index (χ0n) is 12.0. The van der Waals surface area contributed by atoms with E-state index in [4.69, 9.17) is 0 Å². The Labute approximate surface area is 120 Å². The number of nitrogens with zero attached hydrogens (tertiary/aromatic N) is 3. The second-order valence-corrected chi connectivity index (χ2v) is 5.94. The van der Waals surface area contributed by atoms with Crippen LogP contribution in [0.1, 0.15) is 44.7 Å². The van der Waals surface area contributed by atoms with Gasteiger partial charge in [0.15, 0.2) is 0 Å². The summed E-state index contributed by atoms with van der Waals surface area (Å²) in [4.78, 5) is 1.69. The van der Waals surface area contributed by atoms with Crippen molar-refractivity contribution in [2.75, 3.05) is 0 Å². The molecule has 1 aliphatic rings. The smallest absolute Gasteiger partial charge is 0.0969 e.